The first kappa shape index (κ1) is 19.3. The smallest absolute Gasteiger partial charge is 0.341 e. The van der Waals surface area contributed by atoms with Gasteiger partial charge in [0.2, 0.25) is 0 Å². The van der Waals surface area contributed by atoms with Crippen LogP contribution in [0, 0.1) is 0 Å². The van der Waals surface area contributed by atoms with Gasteiger partial charge in [-0.05, 0) is 48.0 Å². The molecule has 0 spiro atoms. The van der Waals surface area contributed by atoms with Gasteiger partial charge in [-0.2, -0.15) is 0 Å². The Balaban J connectivity index is 1.92. The number of amides is 4. The highest BCUT2D eigenvalue weighted by atomic mass is 79.9. The van der Waals surface area contributed by atoms with E-state index in [1.54, 1.807) is 42.5 Å². The van der Waals surface area contributed by atoms with Gasteiger partial charge in [-0.3, -0.25) is 14.9 Å². The predicted molar refractivity (Wildman–Crippen MR) is 103 cm³/mol. The van der Waals surface area contributed by atoms with Crippen LogP contribution < -0.4 is 15.0 Å². The summed E-state index contributed by atoms with van der Waals surface area (Å²) in [6, 6.07) is 11.9. The third-order valence-electron chi connectivity index (χ3n) is 3.72. The van der Waals surface area contributed by atoms with Crippen molar-refractivity contribution in [2.45, 2.75) is 0 Å². The van der Waals surface area contributed by atoms with Crippen LogP contribution in [0.2, 0.25) is 0 Å². The first-order valence-corrected chi connectivity index (χ1v) is 8.76. The van der Waals surface area contributed by atoms with E-state index in [-0.39, 0.29) is 11.3 Å². The second-order valence-corrected chi connectivity index (χ2v) is 6.60. The first-order valence-electron chi connectivity index (χ1n) is 7.97. The third kappa shape index (κ3) is 4.26. The molecule has 3 rings (SSSR count). The molecule has 4 amide bonds. The quantitative estimate of drug-likeness (QED) is 0.541. The van der Waals surface area contributed by atoms with Gasteiger partial charge in [0.25, 0.3) is 11.8 Å². The number of ether oxygens (including phenoxy) is 1. The Morgan fingerprint density at radius 1 is 1.14 bits per heavy atom. The summed E-state index contributed by atoms with van der Waals surface area (Å²) < 4.78 is 5.86. The Labute approximate surface area is 167 Å². The van der Waals surface area contributed by atoms with Crippen molar-refractivity contribution in [3.8, 4) is 5.75 Å². The van der Waals surface area contributed by atoms with Crippen LogP contribution in [0.3, 0.4) is 0 Å². The number of hydrogen-bond donors (Lipinski definition) is 2. The largest absolute Gasteiger partial charge is 0.482 e. The molecule has 0 atom stereocenters. The molecule has 1 saturated heterocycles. The zero-order valence-corrected chi connectivity index (χ0v) is 15.8. The Bertz CT molecular complexity index is 1000. The summed E-state index contributed by atoms with van der Waals surface area (Å²) >= 11 is 3.28. The monoisotopic (exact) mass is 444 g/mol. The second-order valence-electron chi connectivity index (χ2n) is 5.69. The lowest BCUT2D eigenvalue weighted by Crippen LogP contribution is -2.54. The number of barbiturate groups is 1. The molecule has 1 aliphatic rings. The van der Waals surface area contributed by atoms with Gasteiger partial charge in [0.05, 0.1) is 5.69 Å². The molecule has 0 saturated carbocycles. The lowest BCUT2D eigenvalue weighted by Gasteiger charge is -2.26. The van der Waals surface area contributed by atoms with Crippen LogP contribution in [0.1, 0.15) is 5.56 Å². The Morgan fingerprint density at radius 2 is 1.86 bits per heavy atom. The molecule has 0 aromatic heterocycles. The molecule has 0 unspecified atom stereocenters. The van der Waals surface area contributed by atoms with Gasteiger partial charge in [0.1, 0.15) is 11.3 Å². The third-order valence-corrected chi connectivity index (χ3v) is 4.25. The zero-order chi connectivity index (χ0) is 20.3. The first-order chi connectivity index (χ1) is 13.3. The van der Waals surface area contributed by atoms with Crippen molar-refractivity contribution < 1.29 is 29.0 Å². The molecule has 0 aliphatic carbocycles. The zero-order valence-electron chi connectivity index (χ0n) is 14.2. The maximum absolute atomic E-state index is 12.8. The van der Waals surface area contributed by atoms with Crippen molar-refractivity contribution in [1.29, 1.82) is 0 Å². The number of carbonyl (C=O) groups is 4. The molecule has 8 nitrogen and oxygen atoms in total. The number of aliphatic carboxylic acids is 1. The number of rotatable bonds is 5. The van der Waals surface area contributed by atoms with Crippen molar-refractivity contribution >= 4 is 51.5 Å². The molecule has 28 heavy (non-hydrogen) atoms. The summed E-state index contributed by atoms with van der Waals surface area (Å²) in [4.78, 5) is 48.6. The molecule has 2 aromatic rings. The second kappa shape index (κ2) is 8.05. The van der Waals surface area contributed by atoms with E-state index in [4.69, 9.17) is 9.84 Å². The van der Waals surface area contributed by atoms with Crippen molar-refractivity contribution in [3.63, 3.8) is 0 Å². The van der Waals surface area contributed by atoms with Crippen molar-refractivity contribution in [2.75, 3.05) is 11.5 Å². The van der Waals surface area contributed by atoms with Gasteiger partial charge >= 0.3 is 12.0 Å². The predicted octanol–water partition coefficient (Wildman–Crippen LogP) is 2.58. The number of carboxylic acids is 1. The summed E-state index contributed by atoms with van der Waals surface area (Å²) in [5.41, 5.74) is 0.507. The average molecular weight is 445 g/mol. The molecule has 1 heterocycles. The molecule has 9 heteroatoms. The molecule has 0 bridgehead atoms. The minimum Gasteiger partial charge on any atom is -0.482 e. The Hall–Kier alpha value is -3.46. The van der Waals surface area contributed by atoms with Crippen LogP contribution in [-0.4, -0.2) is 35.5 Å². The van der Waals surface area contributed by atoms with E-state index in [0.29, 0.717) is 11.3 Å². The van der Waals surface area contributed by atoms with E-state index >= 15 is 0 Å². The molecular weight excluding hydrogens is 432 g/mol. The van der Waals surface area contributed by atoms with Crippen molar-refractivity contribution in [3.05, 3.63) is 64.1 Å². The minimum atomic E-state index is -1.13. The van der Waals surface area contributed by atoms with Gasteiger partial charge in [0, 0.05) is 4.47 Å². The maximum Gasteiger partial charge on any atom is 0.341 e. The molecule has 0 radical (unpaired) electrons. The van der Waals surface area contributed by atoms with Gasteiger partial charge in [-0.25, -0.2) is 14.5 Å². The number of nitrogens with zero attached hydrogens (tertiary/aromatic N) is 1. The highest BCUT2D eigenvalue weighted by molar-refractivity contribution is 9.10. The molecule has 1 aliphatic heterocycles. The van der Waals surface area contributed by atoms with E-state index in [9.17, 15) is 19.2 Å². The van der Waals surface area contributed by atoms with Crippen LogP contribution in [0.5, 0.6) is 5.75 Å². The van der Waals surface area contributed by atoms with Crippen molar-refractivity contribution in [2.24, 2.45) is 0 Å². The van der Waals surface area contributed by atoms with Gasteiger partial charge in [0.15, 0.2) is 6.61 Å². The fraction of sp³-hybridized carbons (Fsp3) is 0.0526. The number of hydrogen-bond acceptors (Lipinski definition) is 5. The summed E-state index contributed by atoms with van der Waals surface area (Å²) in [5.74, 6) is -2.45. The maximum atomic E-state index is 12.8. The fourth-order valence-corrected chi connectivity index (χ4v) is 2.75. The topological polar surface area (TPSA) is 113 Å². The van der Waals surface area contributed by atoms with E-state index in [1.165, 1.54) is 12.1 Å². The minimum absolute atomic E-state index is 0.238. The Morgan fingerprint density at radius 3 is 2.54 bits per heavy atom. The molecular formula is C19H13BrN2O6. The average Bonchev–Trinajstić information content (AvgIpc) is 2.65. The number of benzene rings is 2. The summed E-state index contributed by atoms with van der Waals surface area (Å²) in [5, 5.41) is 10.8. The standard InChI is InChI=1S/C19H13BrN2O6/c20-12-4-6-13(7-5-12)22-18(26)15(17(25)21-19(22)27)9-11-2-1-3-14(8-11)28-10-16(23)24/h1-9H,10H2,(H,23,24)(H,21,25,27)/b15-9-. The lowest BCUT2D eigenvalue weighted by atomic mass is 10.1. The normalized spacial score (nSPS) is 15.5. The molecule has 142 valence electrons. The number of nitrogens with one attached hydrogen (secondary N) is 1. The van der Waals surface area contributed by atoms with Gasteiger partial charge in [-0.15, -0.1) is 0 Å². The number of halogens is 1. The van der Waals surface area contributed by atoms with Crippen LogP contribution in [-0.2, 0) is 14.4 Å². The van der Waals surface area contributed by atoms with Gasteiger partial charge in [-0.1, -0.05) is 28.1 Å². The van der Waals surface area contributed by atoms with Crippen LogP contribution in [0.25, 0.3) is 6.08 Å². The summed E-state index contributed by atoms with van der Waals surface area (Å²) in [7, 11) is 0. The van der Waals surface area contributed by atoms with Crippen LogP contribution >= 0.6 is 15.9 Å². The fourth-order valence-electron chi connectivity index (χ4n) is 2.49. The molecule has 1 fully saturated rings. The molecule has 2 aromatic carbocycles. The van der Waals surface area contributed by atoms with Crippen LogP contribution in [0.15, 0.2) is 58.6 Å². The van der Waals surface area contributed by atoms with Crippen molar-refractivity contribution in [1.82, 2.24) is 5.32 Å². The summed E-state index contributed by atoms with van der Waals surface area (Å²) in [6.07, 6.45) is 1.31. The number of urea groups is 1. The molecule has 2 N–H and O–H groups in total. The van der Waals surface area contributed by atoms with E-state index < -0.39 is 30.4 Å². The highest BCUT2D eigenvalue weighted by Gasteiger charge is 2.36. The number of carboxylic acid groups (broad SMARTS) is 1. The van der Waals surface area contributed by atoms with Crippen LogP contribution in [0.4, 0.5) is 10.5 Å². The van der Waals surface area contributed by atoms with E-state index in [2.05, 4.69) is 21.2 Å². The van der Waals surface area contributed by atoms with E-state index in [0.717, 1.165) is 9.37 Å². The number of anilines is 1. The van der Waals surface area contributed by atoms with Gasteiger partial charge < -0.3 is 9.84 Å². The number of carbonyl (C=O) groups excluding carboxylic acids is 3. The highest BCUT2D eigenvalue weighted by Crippen LogP contribution is 2.24. The van der Waals surface area contributed by atoms with E-state index in [1.807, 2.05) is 0 Å². The number of imide groups is 2. The lowest BCUT2D eigenvalue weighted by molar-refractivity contribution is -0.139. The SMILES string of the molecule is O=C(O)COc1cccc(/C=C2/C(=O)NC(=O)N(c3ccc(Br)cc3)C2=O)c1. The Kier molecular flexibility index (Phi) is 5.55. The summed E-state index contributed by atoms with van der Waals surface area (Å²) in [6.45, 7) is -0.523.